The van der Waals surface area contributed by atoms with Crippen molar-refractivity contribution in [3.8, 4) is 0 Å². The van der Waals surface area contributed by atoms with E-state index in [-0.39, 0.29) is 12.2 Å². The quantitative estimate of drug-likeness (QED) is 0.312. The summed E-state index contributed by atoms with van der Waals surface area (Å²) in [5, 5.41) is 2.31. The molecule has 0 aromatic heterocycles. The van der Waals surface area contributed by atoms with Crippen molar-refractivity contribution in [2.24, 2.45) is 0 Å². The van der Waals surface area contributed by atoms with E-state index < -0.39 is 47.3 Å². The fourth-order valence-electron chi connectivity index (χ4n) is 1.18. The summed E-state index contributed by atoms with van der Waals surface area (Å²) in [6.45, 7) is 2.78. The fraction of sp³-hybridized carbons (Fsp3) is 0.857. The lowest BCUT2D eigenvalue weighted by atomic mass is 10.1. The van der Waals surface area contributed by atoms with E-state index >= 15 is 0 Å². The van der Waals surface area contributed by atoms with Crippen LogP contribution in [0, 0.1) is 0 Å². The highest BCUT2D eigenvalue weighted by Gasteiger charge is 2.26. The maximum Gasteiger partial charge on any atom is 0.267 e. The van der Waals surface area contributed by atoms with Crippen LogP contribution >= 0.6 is 0 Å². The zero-order valence-corrected chi connectivity index (χ0v) is 12.2. The third-order valence-corrected chi connectivity index (χ3v) is 5.07. The Morgan fingerprint density at radius 2 is 1.83 bits per heavy atom. The molecule has 0 saturated heterocycles. The van der Waals surface area contributed by atoms with E-state index in [9.17, 15) is 21.6 Å². The first-order valence-electron chi connectivity index (χ1n) is 4.69. The Morgan fingerprint density at radius 3 is 2.22 bits per heavy atom. The van der Waals surface area contributed by atoms with E-state index in [1.807, 2.05) is 0 Å². The molecule has 0 aromatic carbocycles. The van der Waals surface area contributed by atoms with Crippen LogP contribution in [-0.4, -0.2) is 48.9 Å². The van der Waals surface area contributed by atoms with Crippen LogP contribution in [0.15, 0.2) is 0 Å². The van der Waals surface area contributed by atoms with Gasteiger partial charge in [0.25, 0.3) is 10.1 Å². The van der Waals surface area contributed by atoms with Crippen LogP contribution in [0.5, 0.6) is 0 Å². The van der Waals surface area contributed by atoms with Crippen molar-refractivity contribution >= 4 is 36.0 Å². The number of hydrogen-bond acceptors (Lipinski definition) is 5. The maximum atomic E-state index is 11.4. The molecular weight excluding hydrogens is 306 g/mol. The molecule has 0 radical (unpaired) electrons. The van der Waals surface area contributed by atoms with Crippen molar-refractivity contribution in [2.75, 3.05) is 11.5 Å². The second-order valence-electron chi connectivity index (χ2n) is 4.13. The maximum absolute atomic E-state index is 11.4. The molecule has 0 bridgehead atoms. The number of hydrogen-bond donors (Lipinski definition) is 3. The molecule has 0 rings (SSSR count). The van der Waals surface area contributed by atoms with Crippen molar-refractivity contribution in [2.45, 2.75) is 25.8 Å². The first kappa shape index (κ1) is 17.6. The largest absolute Gasteiger partial charge is 0.350 e. The lowest BCUT2D eigenvalue weighted by molar-refractivity contribution is -0.122. The third kappa shape index (κ3) is 8.69. The highest BCUT2D eigenvalue weighted by molar-refractivity contribution is 8.58. The number of carbonyl (C=O) groups is 1. The predicted molar refractivity (Wildman–Crippen MR) is 67.0 cm³/mol. The Labute approximate surface area is 109 Å². The molecule has 0 spiro atoms. The van der Waals surface area contributed by atoms with E-state index in [0.717, 1.165) is 0 Å². The van der Waals surface area contributed by atoms with Gasteiger partial charge in [-0.3, -0.25) is 13.9 Å². The lowest BCUT2D eigenvalue weighted by Gasteiger charge is -2.24. The average Bonchev–Trinajstić information content (AvgIpc) is 2.08. The molecule has 0 aliphatic rings. The Bertz CT molecular complexity index is 456. The van der Waals surface area contributed by atoms with Gasteiger partial charge in [-0.2, -0.15) is 8.42 Å². The topological polar surface area (TPSA) is 138 Å². The Hall–Kier alpha value is -0.360. The van der Waals surface area contributed by atoms with Gasteiger partial charge in [0.2, 0.25) is 16.0 Å². The van der Waals surface area contributed by atoms with Gasteiger partial charge in [-0.1, -0.05) is 0 Å². The highest BCUT2D eigenvalue weighted by Crippen LogP contribution is 2.06. The Kier molecular flexibility index (Phi) is 6.57. The van der Waals surface area contributed by atoms with Crippen molar-refractivity contribution in [1.29, 1.82) is 0 Å². The van der Waals surface area contributed by atoms with Crippen LogP contribution in [0.2, 0.25) is 0 Å². The highest BCUT2D eigenvalue weighted by atomic mass is 33.1. The summed E-state index contributed by atoms with van der Waals surface area (Å²) in [5.41, 5.74) is -1.19. The monoisotopic (exact) mass is 321 g/mol. The summed E-state index contributed by atoms with van der Waals surface area (Å²) in [4.78, 5) is 11.4. The number of amides is 1. The molecular formula is C7H15NO7S3. The standard InChI is InChI=1S/C7H15NO7S3/c1-7(2,5-18(13,14)15)8-6(9)3-4-16(10)17(11)12/h3-5H2,1-2H3,(H,8,9)(H,11,12)(H,13,14,15). The Morgan fingerprint density at radius 1 is 1.33 bits per heavy atom. The summed E-state index contributed by atoms with van der Waals surface area (Å²) in [6.07, 6.45) is -0.284. The van der Waals surface area contributed by atoms with E-state index in [1.54, 1.807) is 0 Å². The van der Waals surface area contributed by atoms with Gasteiger partial charge < -0.3 is 5.32 Å². The van der Waals surface area contributed by atoms with Gasteiger partial charge in [0.05, 0.1) is 11.3 Å². The molecule has 3 N–H and O–H groups in total. The van der Waals surface area contributed by atoms with Crippen molar-refractivity contribution < 1.29 is 30.7 Å². The molecule has 0 aromatic rings. The minimum atomic E-state index is -4.24. The first-order chi connectivity index (χ1) is 7.93. The summed E-state index contributed by atoms with van der Waals surface area (Å²) in [5.74, 6) is -1.60. The summed E-state index contributed by atoms with van der Waals surface area (Å²) in [7, 11) is -8.79. The van der Waals surface area contributed by atoms with Gasteiger partial charge in [0.15, 0.2) is 0 Å². The molecule has 8 nitrogen and oxygen atoms in total. The molecule has 0 heterocycles. The van der Waals surface area contributed by atoms with Crippen LogP contribution in [0.4, 0.5) is 0 Å². The van der Waals surface area contributed by atoms with Gasteiger partial charge in [-0.15, -0.1) is 0 Å². The lowest BCUT2D eigenvalue weighted by Crippen LogP contribution is -2.48. The van der Waals surface area contributed by atoms with Gasteiger partial charge in [-0.25, -0.2) is 8.42 Å². The minimum Gasteiger partial charge on any atom is -0.350 e. The average molecular weight is 321 g/mol. The van der Waals surface area contributed by atoms with E-state index in [2.05, 4.69) is 5.32 Å². The van der Waals surface area contributed by atoms with Gasteiger partial charge in [-0.05, 0) is 13.8 Å². The number of carbonyl (C=O) groups excluding carboxylic acids is 1. The molecule has 11 heteroatoms. The predicted octanol–water partition coefficient (Wildman–Crippen LogP) is -0.955. The normalized spacial score (nSPS) is 16.0. The number of nitrogens with one attached hydrogen (secondary N) is 1. The first-order valence-corrected chi connectivity index (χ1v) is 9.24. The van der Waals surface area contributed by atoms with Crippen LogP contribution in [-0.2, 0) is 34.9 Å². The zero-order chi connectivity index (χ0) is 14.6. The fourth-order valence-corrected chi connectivity index (χ4v) is 3.34. The molecule has 108 valence electrons. The smallest absolute Gasteiger partial charge is 0.267 e. The summed E-state index contributed by atoms with van der Waals surface area (Å²) >= 11 is 0. The molecule has 0 saturated carbocycles. The molecule has 1 amide bonds. The molecule has 0 aliphatic carbocycles. The minimum absolute atomic E-state index is 0.284. The van der Waals surface area contributed by atoms with Crippen molar-refractivity contribution in [1.82, 2.24) is 5.32 Å². The zero-order valence-electron chi connectivity index (χ0n) is 9.78. The van der Waals surface area contributed by atoms with E-state index in [4.69, 9.17) is 9.11 Å². The summed E-state index contributed by atoms with van der Waals surface area (Å²) in [6, 6.07) is 0. The van der Waals surface area contributed by atoms with Gasteiger partial charge in [0.1, 0.15) is 9.83 Å². The van der Waals surface area contributed by atoms with Crippen LogP contribution < -0.4 is 5.32 Å². The van der Waals surface area contributed by atoms with Crippen LogP contribution in [0.25, 0.3) is 0 Å². The van der Waals surface area contributed by atoms with Gasteiger partial charge in [0, 0.05) is 12.2 Å². The number of rotatable bonds is 7. The Balaban J connectivity index is 4.32. The molecule has 2 atom stereocenters. The van der Waals surface area contributed by atoms with Crippen molar-refractivity contribution in [3.63, 3.8) is 0 Å². The van der Waals surface area contributed by atoms with Crippen molar-refractivity contribution in [3.05, 3.63) is 0 Å². The summed E-state index contributed by atoms with van der Waals surface area (Å²) < 4.78 is 59.7. The molecule has 0 fully saturated rings. The van der Waals surface area contributed by atoms with E-state index in [0.29, 0.717) is 0 Å². The molecule has 18 heavy (non-hydrogen) atoms. The second kappa shape index (κ2) is 6.70. The van der Waals surface area contributed by atoms with E-state index in [1.165, 1.54) is 13.8 Å². The van der Waals surface area contributed by atoms with Gasteiger partial charge >= 0.3 is 0 Å². The van der Waals surface area contributed by atoms with Crippen LogP contribution in [0.1, 0.15) is 20.3 Å². The van der Waals surface area contributed by atoms with Crippen LogP contribution in [0.3, 0.4) is 0 Å². The third-order valence-electron chi connectivity index (χ3n) is 1.68. The SMILES string of the molecule is CC(C)(CS(=O)(=O)O)NC(=O)CCS(=O)S(=O)O. The molecule has 2 unspecified atom stereocenters. The molecule has 0 aliphatic heterocycles. The second-order valence-corrected chi connectivity index (χ2v) is 9.01.